The van der Waals surface area contributed by atoms with Gasteiger partial charge in [0.15, 0.2) is 0 Å². The normalized spacial score (nSPS) is 16.1. The second kappa shape index (κ2) is 4.31. The van der Waals surface area contributed by atoms with E-state index >= 15 is 0 Å². The molecule has 2 rings (SSSR count). The molecule has 0 unspecified atom stereocenters. The van der Waals surface area contributed by atoms with E-state index in [-0.39, 0.29) is 23.9 Å². The minimum Gasteiger partial charge on any atom is -0.299 e. The molecule has 1 aromatic rings. The monoisotopic (exact) mass is 226 g/mol. The minimum atomic E-state index is -0.379. The van der Waals surface area contributed by atoms with Gasteiger partial charge in [0.25, 0.3) is 0 Å². The van der Waals surface area contributed by atoms with Crippen molar-refractivity contribution in [3.05, 3.63) is 34.6 Å². The molecule has 3 heteroatoms. The summed E-state index contributed by atoms with van der Waals surface area (Å²) in [5.41, 5.74) is 0.455. The van der Waals surface area contributed by atoms with E-state index in [9.17, 15) is 9.18 Å². The standard InChI is InChI=1S/C12H12ClFO/c13-10-5-4-9(11(14)7-10)6-12(15)8-2-1-3-8/h4-5,7-8H,1-3,6H2. The molecule has 0 bridgehead atoms. The Morgan fingerprint density at radius 1 is 1.47 bits per heavy atom. The molecule has 0 amide bonds. The lowest BCUT2D eigenvalue weighted by atomic mass is 9.80. The first-order valence-corrected chi connectivity index (χ1v) is 5.51. The molecule has 1 fully saturated rings. The van der Waals surface area contributed by atoms with E-state index in [1.54, 1.807) is 12.1 Å². The Morgan fingerprint density at radius 2 is 2.20 bits per heavy atom. The Kier molecular flexibility index (Phi) is 3.06. The highest BCUT2D eigenvalue weighted by atomic mass is 35.5. The molecular weight excluding hydrogens is 215 g/mol. The van der Waals surface area contributed by atoms with Crippen molar-refractivity contribution >= 4 is 17.4 Å². The van der Waals surface area contributed by atoms with Gasteiger partial charge in [0, 0.05) is 17.4 Å². The molecule has 0 heterocycles. The number of hydrogen-bond donors (Lipinski definition) is 0. The van der Waals surface area contributed by atoms with Gasteiger partial charge < -0.3 is 0 Å². The molecule has 0 saturated heterocycles. The van der Waals surface area contributed by atoms with Crippen LogP contribution in [0.2, 0.25) is 5.02 Å². The fourth-order valence-electron chi connectivity index (χ4n) is 1.73. The summed E-state index contributed by atoms with van der Waals surface area (Å²) in [5, 5.41) is 0.368. The fourth-order valence-corrected chi connectivity index (χ4v) is 1.89. The maximum atomic E-state index is 13.4. The summed E-state index contributed by atoms with van der Waals surface area (Å²) in [4.78, 5) is 11.6. The zero-order valence-corrected chi connectivity index (χ0v) is 9.06. The van der Waals surface area contributed by atoms with Gasteiger partial charge >= 0.3 is 0 Å². The van der Waals surface area contributed by atoms with E-state index in [0.29, 0.717) is 10.6 Å². The summed E-state index contributed by atoms with van der Waals surface area (Å²) in [7, 11) is 0. The smallest absolute Gasteiger partial charge is 0.140 e. The molecule has 1 aromatic carbocycles. The lowest BCUT2D eigenvalue weighted by Crippen LogP contribution is -2.23. The van der Waals surface area contributed by atoms with Gasteiger partial charge in [0.1, 0.15) is 11.6 Å². The molecule has 80 valence electrons. The molecule has 1 aliphatic carbocycles. The number of halogens is 2. The number of hydrogen-bond acceptors (Lipinski definition) is 1. The minimum absolute atomic E-state index is 0.155. The van der Waals surface area contributed by atoms with Crippen molar-refractivity contribution in [1.29, 1.82) is 0 Å². The first kappa shape index (κ1) is 10.6. The van der Waals surface area contributed by atoms with E-state index in [0.717, 1.165) is 19.3 Å². The number of rotatable bonds is 3. The summed E-state index contributed by atoms with van der Waals surface area (Å²) in [6.45, 7) is 0. The predicted octanol–water partition coefficient (Wildman–Crippen LogP) is 3.39. The second-order valence-corrected chi connectivity index (χ2v) is 4.44. The summed E-state index contributed by atoms with van der Waals surface area (Å²) in [6, 6.07) is 4.47. The quantitative estimate of drug-likeness (QED) is 0.772. The van der Waals surface area contributed by atoms with Crippen molar-refractivity contribution in [3.63, 3.8) is 0 Å². The Bertz CT molecular complexity index is 385. The van der Waals surface area contributed by atoms with E-state index in [1.807, 2.05) is 0 Å². The van der Waals surface area contributed by atoms with Crippen LogP contribution in [0.5, 0.6) is 0 Å². The van der Waals surface area contributed by atoms with Crippen LogP contribution >= 0.6 is 11.6 Å². The number of benzene rings is 1. The summed E-state index contributed by atoms with van der Waals surface area (Å²) < 4.78 is 13.4. The van der Waals surface area contributed by atoms with Gasteiger partial charge in [-0.3, -0.25) is 4.79 Å². The van der Waals surface area contributed by atoms with Crippen molar-refractivity contribution in [1.82, 2.24) is 0 Å². The maximum absolute atomic E-state index is 13.4. The highest BCUT2D eigenvalue weighted by molar-refractivity contribution is 6.30. The molecule has 1 aliphatic rings. The molecule has 1 nitrogen and oxygen atoms in total. The Labute approximate surface area is 93.2 Å². The zero-order valence-electron chi connectivity index (χ0n) is 8.30. The number of carbonyl (C=O) groups excluding carboxylic acids is 1. The van der Waals surface area contributed by atoms with Crippen LogP contribution in [0.3, 0.4) is 0 Å². The van der Waals surface area contributed by atoms with Gasteiger partial charge in [0.05, 0.1) is 0 Å². The van der Waals surface area contributed by atoms with Crippen LogP contribution in [0, 0.1) is 11.7 Å². The first-order chi connectivity index (χ1) is 7.16. The molecule has 1 saturated carbocycles. The van der Waals surface area contributed by atoms with Crippen LogP contribution in [0.15, 0.2) is 18.2 Å². The van der Waals surface area contributed by atoms with Gasteiger partial charge in [-0.15, -0.1) is 0 Å². The summed E-state index contributed by atoms with van der Waals surface area (Å²) in [5.74, 6) is -0.0577. The number of Topliss-reactive ketones (excluding diaryl/α,β-unsaturated/α-hetero) is 1. The van der Waals surface area contributed by atoms with E-state index in [1.165, 1.54) is 6.07 Å². The summed E-state index contributed by atoms with van der Waals surface area (Å²) in [6.07, 6.45) is 3.26. The molecule has 0 radical (unpaired) electrons. The lowest BCUT2D eigenvalue weighted by molar-refractivity contribution is -0.124. The van der Waals surface area contributed by atoms with Crippen molar-refractivity contribution in [2.24, 2.45) is 5.92 Å². The van der Waals surface area contributed by atoms with Crippen LogP contribution < -0.4 is 0 Å². The predicted molar refractivity (Wildman–Crippen MR) is 57.5 cm³/mol. The average molecular weight is 227 g/mol. The maximum Gasteiger partial charge on any atom is 0.140 e. The third-order valence-electron chi connectivity index (χ3n) is 2.94. The third-order valence-corrected chi connectivity index (χ3v) is 3.18. The first-order valence-electron chi connectivity index (χ1n) is 5.13. The topological polar surface area (TPSA) is 17.1 Å². The molecule has 0 atom stereocenters. The molecule has 0 spiro atoms. The lowest BCUT2D eigenvalue weighted by Gasteiger charge is -2.23. The average Bonchev–Trinajstić information content (AvgIpc) is 2.07. The molecule has 0 aliphatic heterocycles. The molecular formula is C12H12ClFO. The van der Waals surface area contributed by atoms with E-state index in [4.69, 9.17) is 11.6 Å². The largest absolute Gasteiger partial charge is 0.299 e. The fraction of sp³-hybridized carbons (Fsp3) is 0.417. The van der Waals surface area contributed by atoms with E-state index in [2.05, 4.69) is 0 Å². The van der Waals surface area contributed by atoms with Gasteiger partial charge in [-0.05, 0) is 30.5 Å². The van der Waals surface area contributed by atoms with Crippen molar-refractivity contribution in [2.45, 2.75) is 25.7 Å². The van der Waals surface area contributed by atoms with Crippen LogP contribution in [0.25, 0.3) is 0 Å². The number of carbonyl (C=O) groups is 1. The van der Waals surface area contributed by atoms with Crippen LogP contribution in [0.1, 0.15) is 24.8 Å². The van der Waals surface area contributed by atoms with Crippen LogP contribution in [-0.2, 0) is 11.2 Å². The van der Waals surface area contributed by atoms with E-state index < -0.39 is 0 Å². The van der Waals surface area contributed by atoms with Gasteiger partial charge in [-0.25, -0.2) is 4.39 Å². The Balaban J connectivity index is 2.06. The van der Waals surface area contributed by atoms with Crippen molar-refractivity contribution in [3.8, 4) is 0 Å². The number of ketones is 1. The van der Waals surface area contributed by atoms with Crippen LogP contribution in [-0.4, -0.2) is 5.78 Å². The van der Waals surface area contributed by atoms with Crippen LogP contribution in [0.4, 0.5) is 4.39 Å². The van der Waals surface area contributed by atoms with Crippen molar-refractivity contribution in [2.75, 3.05) is 0 Å². The highest BCUT2D eigenvalue weighted by Gasteiger charge is 2.25. The molecule has 15 heavy (non-hydrogen) atoms. The van der Waals surface area contributed by atoms with Crippen molar-refractivity contribution < 1.29 is 9.18 Å². The SMILES string of the molecule is O=C(Cc1ccc(Cl)cc1F)C1CCC1. The van der Waals surface area contributed by atoms with Gasteiger partial charge in [0.2, 0.25) is 0 Å². The van der Waals surface area contributed by atoms with Gasteiger partial charge in [-0.2, -0.15) is 0 Å². The van der Waals surface area contributed by atoms with Gasteiger partial charge in [-0.1, -0.05) is 24.1 Å². The highest BCUT2D eigenvalue weighted by Crippen LogP contribution is 2.28. The second-order valence-electron chi connectivity index (χ2n) is 4.01. The summed E-state index contributed by atoms with van der Waals surface area (Å²) >= 11 is 5.63. The Morgan fingerprint density at radius 3 is 2.73 bits per heavy atom. The zero-order chi connectivity index (χ0) is 10.8. The molecule has 0 N–H and O–H groups in total. The Hall–Kier alpha value is -0.890. The molecule has 0 aromatic heterocycles. The third kappa shape index (κ3) is 2.37.